The molecule has 0 amide bonds. The summed E-state index contributed by atoms with van der Waals surface area (Å²) in [5.41, 5.74) is 0.0368. The molecule has 0 unspecified atom stereocenters. The lowest BCUT2D eigenvalue weighted by Crippen LogP contribution is -2.26. The summed E-state index contributed by atoms with van der Waals surface area (Å²) < 4.78 is 24.4. The highest BCUT2D eigenvalue weighted by molar-refractivity contribution is 7.96. The Bertz CT molecular complexity index is 575. The molecule has 1 N–H and O–H groups in total. The van der Waals surface area contributed by atoms with E-state index in [0.717, 1.165) is 0 Å². The van der Waals surface area contributed by atoms with Gasteiger partial charge in [0.15, 0.2) is 0 Å². The number of fused-ring (bicyclic) bond motifs is 1. The lowest BCUT2D eigenvalue weighted by Gasteiger charge is -2.18. The zero-order chi connectivity index (χ0) is 12.1. The van der Waals surface area contributed by atoms with Gasteiger partial charge in [0.1, 0.15) is 0 Å². The highest BCUT2D eigenvalue weighted by Crippen LogP contribution is 2.39. The smallest absolute Gasteiger partial charge is 0.206 e. The Kier molecular flexibility index (Phi) is 2.26. The third-order valence-corrected chi connectivity index (χ3v) is 4.98. The van der Waals surface area contributed by atoms with Gasteiger partial charge in [-0.25, -0.2) is 8.42 Å². The average Bonchev–Trinajstić information content (AvgIpc) is 2.38. The second kappa shape index (κ2) is 3.18. The molecular formula is C12H14O3S. The van der Waals surface area contributed by atoms with Crippen molar-refractivity contribution in [3.05, 3.63) is 34.2 Å². The van der Waals surface area contributed by atoms with E-state index in [1.165, 1.54) is 13.8 Å². The molecule has 0 bridgehead atoms. The maximum Gasteiger partial charge on any atom is 0.206 e. The van der Waals surface area contributed by atoms with E-state index in [0.29, 0.717) is 16.0 Å². The van der Waals surface area contributed by atoms with Gasteiger partial charge < -0.3 is 5.11 Å². The fourth-order valence-electron chi connectivity index (χ4n) is 1.99. The summed E-state index contributed by atoms with van der Waals surface area (Å²) in [4.78, 5) is 0.399. The van der Waals surface area contributed by atoms with Crippen LogP contribution in [0, 0.1) is 6.92 Å². The number of hydrogen-bond donors (Lipinski definition) is 1. The normalized spacial score (nSPS) is 18.1. The Labute approximate surface area is 95.3 Å². The van der Waals surface area contributed by atoms with Crippen LogP contribution in [-0.4, -0.2) is 19.1 Å². The summed E-state index contributed by atoms with van der Waals surface area (Å²) in [6.45, 7) is 4.73. The number of aryl methyl sites for hydroxylation is 1. The van der Waals surface area contributed by atoms with Crippen LogP contribution in [0.5, 0.6) is 0 Å². The van der Waals surface area contributed by atoms with Crippen LogP contribution in [0.2, 0.25) is 0 Å². The molecule has 0 aliphatic carbocycles. The number of rotatable bonds is 1. The molecule has 86 valence electrons. The number of aliphatic hydroxyl groups is 1. The van der Waals surface area contributed by atoms with E-state index >= 15 is 0 Å². The van der Waals surface area contributed by atoms with Crippen molar-refractivity contribution in [1.29, 1.82) is 0 Å². The first kappa shape index (κ1) is 11.4. The van der Waals surface area contributed by atoms with Gasteiger partial charge in [-0.2, -0.15) is 0 Å². The van der Waals surface area contributed by atoms with Crippen molar-refractivity contribution in [3.8, 4) is 0 Å². The second-order valence-corrected chi connectivity index (χ2v) is 6.42. The van der Waals surface area contributed by atoms with Gasteiger partial charge in [0.25, 0.3) is 0 Å². The molecule has 1 aromatic carbocycles. The fourth-order valence-corrected chi connectivity index (χ4v) is 4.08. The second-order valence-electron chi connectivity index (χ2n) is 4.56. The van der Waals surface area contributed by atoms with Crippen molar-refractivity contribution >= 4 is 15.9 Å². The summed E-state index contributed by atoms with van der Waals surface area (Å²) in [6, 6.07) is 5.32. The minimum Gasteiger partial charge on any atom is -0.385 e. The highest BCUT2D eigenvalue weighted by atomic mass is 32.2. The summed E-state index contributed by atoms with van der Waals surface area (Å²) in [5, 5.41) is 9.87. The Balaban J connectivity index is 2.76. The SMILES string of the molecule is Cc1cccc2c1S(=O)(=O)C(C(C)(C)O)=C2. The van der Waals surface area contributed by atoms with Gasteiger partial charge in [-0.3, -0.25) is 0 Å². The maximum absolute atomic E-state index is 12.2. The van der Waals surface area contributed by atoms with Crippen LogP contribution in [0.25, 0.3) is 6.08 Å². The summed E-state index contributed by atoms with van der Waals surface area (Å²) in [5.74, 6) is 0. The van der Waals surface area contributed by atoms with E-state index in [4.69, 9.17) is 0 Å². The average molecular weight is 238 g/mol. The molecule has 4 heteroatoms. The van der Waals surface area contributed by atoms with E-state index in [9.17, 15) is 13.5 Å². The number of sulfone groups is 1. The molecule has 0 radical (unpaired) electrons. The molecule has 1 aromatic rings. The minimum absolute atomic E-state index is 0.0734. The van der Waals surface area contributed by atoms with Gasteiger partial charge >= 0.3 is 0 Å². The molecule has 2 rings (SSSR count). The Morgan fingerprint density at radius 1 is 1.25 bits per heavy atom. The van der Waals surface area contributed by atoms with E-state index < -0.39 is 15.4 Å². The number of benzene rings is 1. The van der Waals surface area contributed by atoms with Crippen LogP contribution in [0.15, 0.2) is 28.0 Å². The van der Waals surface area contributed by atoms with Crippen LogP contribution >= 0.6 is 0 Å². The zero-order valence-electron chi connectivity index (χ0n) is 9.48. The summed E-state index contributed by atoms with van der Waals surface area (Å²) in [7, 11) is -3.52. The van der Waals surface area contributed by atoms with E-state index in [1.807, 2.05) is 6.07 Å². The van der Waals surface area contributed by atoms with Crippen molar-refractivity contribution in [2.75, 3.05) is 0 Å². The summed E-state index contributed by atoms with van der Waals surface area (Å²) >= 11 is 0. The van der Waals surface area contributed by atoms with Crippen molar-refractivity contribution < 1.29 is 13.5 Å². The molecule has 1 heterocycles. The van der Waals surface area contributed by atoms with Gasteiger partial charge in [-0.1, -0.05) is 18.2 Å². The quantitative estimate of drug-likeness (QED) is 0.813. The van der Waals surface area contributed by atoms with Gasteiger partial charge in [0.05, 0.1) is 15.4 Å². The predicted molar refractivity (Wildman–Crippen MR) is 62.6 cm³/mol. The molecule has 0 fully saturated rings. The molecule has 3 nitrogen and oxygen atoms in total. The van der Waals surface area contributed by atoms with Gasteiger partial charge in [-0.15, -0.1) is 0 Å². The topological polar surface area (TPSA) is 54.4 Å². The van der Waals surface area contributed by atoms with Crippen molar-refractivity contribution in [2.24, 2.45) is 0 Å². The highest BCUT2D eigenvalue weighted by Gasteiger charge is 2.38. The molecule has 0 aromatic heterocycles. The molecule has 0 saturated carbocycles. The molecule has 0 spiro atoms. The van der Waals surface area contributed by atoms with E-state index in [-0.39, 0.29) is 4.91 Å². The van der Waals surface area contributed by atoms with Crippen LogP contribution in [0.1, 0.15) is 25.0 Å². The largest absolute Gasteiger partial charge is 0.385 e. The molecular weight excluding hydrogens is 224 g/mol. The first-order valence-corrected chi connectivity index (χ1v) is 6.52. The fraction of sp³-hybridized carbons (Fsp3) is 0.333. The van der Waals surface area contributed by atoms with Crippen LogP contribution < -0.4 is 0 Å². The lowest BCUT2D eigenvalue weighted by molar-refractivity contribution is 0.129. The summed E-state index contributed by atoms with van der Waals surface area (Å²) in [6.07, 6.45) is 1.55. The standard InChI is InChI=1S/C12H14O3S/c1-8-5-4-6-9-7-10(12(2,3)13)16(14,15)11(8)9/h4-7,13H,1-3H3. The molecule has 16 heavy (non-hydrogen) atoms. The van der Waals surface area contributed by atoms with Crippen LogP contribution in [0.3, 0.4) is 0 Å². The van der Waals surface area contributed by atoms with Crippen molar-refractivity contribution in [3.63, 3.8) is 0 Å². The Morgan fingerprint density at radius 3 is 2.38 bits per heavy atom. The maximum atomic E-state index is 12.2. The van der Waals surface area contributed by atoms with Crippen LogP contribution in [0.4, 0.5) is 0 Å². The van der Waals surface area contributed by atoms with E-state index in [1.54, 1.807) is 25.1 Å². The molecule has 0 saturated heterocycles. The van der Waals surface area contributed by atoms with Gasteiger partial charge in [0, 0.05) is 0 Å². The van der Waals surface area contributed by atoms with Crippen LogP contribution in [-0.2, 0) is 9.84 Å². The van der Waals surface area contributed by atoms with Crippen molar-refractivity contribution in [1.82, 2.24) is 0 Å². The first-order valence-electron chi connectivity index (χ1n) is 5.04. The third-order valence-electron chi connectivity index (χ3n) is 2.69. The van der Waals surface area contributed by atoms with E-state index in [2.05, 4.69) is 0 Å². The first-order chi connectivity index (χ1) is 7.24. The number of hydrogen-bond acceptors (Lipinski definition) is 3. The Hall–Kier alpha value is -1.13. The van der Waals surface area contributed by atoms with Gasteiger partial charge in [-0.05, 0) is 38.0 Å². The molecule has 1 aliphatic rings. The predicted octanol–water partition coefficient (Wildman–Crippen LogP) is 1.89. The molecule has 0 atom stereocenters. The van der Waals surface area contributed by atoms with Gasteiger partial charge in [0.2, 0.25) is 9.84 Å². The monoisotopic (exact) mass is 238 g/mol. The Morgan fingerprint density at radius 2 is 1.88 bits per heavy atom. The third kappa shape index (κ3) is 1.49. The van der Waals surface area contributed by atoms with Crippen molar-refractivity contribution in [2.45, 2.75) is 31.3 Å². The molecule has 1 aliphatic heterocycles. The lowest BCUT2D eigenvalue weighted by atomic mass is 10.1. The minimum atomic E-state index is -3.52. The zero-order valence-corrected chi connectivity index (χ0v) is 10.3.